The van der Waals surface area contributed by atoms with E-state index in [-0.39, 0.29) is 0 Å². The average molecular weight is 203 g/mol. The number of benzene rings is 2. The van der Waals surface area contributed by atoms with Crippen molar-refractivity contribution in [1.82, 2.24) is 0 Å². The van der Waals surface area contributed by atoms with Crippen molar-refractivity contribution in [2.24, 2.45) is 0 Å². The third kappa shape index (κ3) is 1.94. The third-order valence-electron chi connectivity index (χ3n) is 1.98. The lowest BCUT2D eigenvalue weighted by Gasteiger charge is -2.01. The van der Waals surface area contributed by atoms with Crippen LogP contribution < -0.4 is 10.6 Å². The zero-order valence-corrected chi connectivity index (χ0v) is 8.52. The lowest BCUT2D eigenvalue weighted by molar-refractivity contribution is 0.598. The van der Waals surface area contributed by atoms with Crippen LogP contribution in [-0.2, 0) is 4.57 Å². The normalized spacial score (nSPS) is 12.1. The molecule has 0 aliphatic carbocycles. The van der Waals surface area contributed by atoms with E-state index in [0.717, 1.165) is 0 Å². The third-order valence-corrected chi connectivity index (χ3v) is 3.52. The van der Waals surface area contributed by atoms with E-state index in [1.54, 1.807) is 48.5 Å². The molecule has 0 atom stereocenters. The number of hydrogen-bond acceptors (Lipinski definition) is 1. The van der Waals surface area contributed by atoms with Gasteiger partial charge in [-0.1, -0.05) is 60.7 Å². The van der Waals surface area contributed by atoms with Gasteiger partial charge in [0.1, 0.15) is 9.02 Å². The van der Waals surface area contributed by atoms with Crippen molar-refractivity contribution in [2.45, 2.75) is 0 Å². The zero-order valence-electron chi connectivity index (χ0n) is 8.63. The Bertz CT molecular complexity index is 438. The van der Waals surface area contributed by atoms with Gasteiger partial charge in [0.15, 0.2) is 0 Å². The fourth-order valence-corrected chi connectivity index (χ4v) is 2.46. The van der Waals surface area contributed by atoms with Gasteiger partial charge in [0.2, 0.25) is 0 Å². The van der Waals surface area contributed by atoms with E-state index in [9.17, 15) is 4.57 Å². The van der Waals surface area contributed by atoms with E-state index in [2.05, 4.69) is 0 Å². The lowest BCUT2D eigenvalue weighted by Crippen LogP contribution is -2.04. The van der Waals surface area contributed by atoms with Gasteiger partial charge in [0, 0.05) is 10.6 Å². The van der Waals surface area contributed by atoms with Gasteiger partial charge in [-0.25, -0.2) is 0 Å². The van der Waals surface area contributed by atoms with Crippen LogP contribution >= 0.6 is 7.75 Å². The molecule has 2 heteroatoms. The molecular weight excluding hydrogens is 191 g/mol. The van der Waals surface area contributed by atoms with Crippen LogP contribution in [0.25, 0.3) is 0 Å². The summed E-state index contributed by atoms with van der Waals surface area (Å²) in [7, 11) is -3.15. The van der Waals surface area contributed by atoms with Crippen LogP contribution in [0.15, 0.2) is 60.7 Å². The molecule has 0 fully saturated rings. The van der Waals surface area contributed by atoms with E-state index in [0.29, 0.717) is 10.6 Å². The number of hydrogen-bond donors (Lipinski definition) is 0. The Morgan fingerprint density at radius 2 is 1.14 bits per heavy atom. The van der Waals surface area contributed by atoms with Gasteiger partial charge in [0.25, 0.3) is 0 Å². The van der Waals surface area contributed by atoms with Gasteiger partial charge in [0.05, 0.1) is 0 Å². The Hall–Kier alpha value is -1.33. The maximum absolute atomic E-state index is 12.3. The van der Waals surface area contributed by atoms with Crippen LogP contribution in [0.3, 0.4) is 0 Å². The maximum atomic E-state index is 12.3. The van der Waals surface area contributed by atoms with Crippen molar-refractivity contribution in [1.29, 1.82) is 1.28 Å². The average Bonchev–Trinajstić information content (AvgIpc) is 2.31. The van der Waals surface area contributed by atoms with Gasteiger partial charge in [-0.15, -0.1) is 0 Å². The first-order valence-electron chi connectivity index (χ1n) is 4.90. The van der Waals surface area contributed by atoms with E-state index in [4.69, 9.17) is 1.28 Å². The molecule has 0 spiro atoms. The fourth-order valence-electron chi connectivity index (χ4n) is 1.28. The Morgan fingerprint density at radius 3 is 1.50 bits per heavy atom. The van der Waals surface area contributed by atoms with Crippen molar-refractivity contribution in [3.8, 4) is 0 Å². The summed E-state index contributed by atoms with van der Waals surface area (Å²) in [5.74, 6) is 0. The molecule has 0 radical (unpaired) electrons. The standard InChI is InChI=1S/C12H11OP/c13-14(11-7-3-1-4-8-11)12-9-5-2-6-10-12/h1-10,14H/i14D. The topological polar surface area (TPSA) is 17.1 Å². The molecule has 2 rings (SSSR count). The van der Waals surface area contributed by atoms with Crippen LogP contribution in [-0.4, -0.2) is 1.28 Å². The van der Waals surface area contributed by atoms with Gasteiger partial charge < -0.3 is 4.57 Å². The predicted molar refractivity (Wildman–Crippen MR) is 61.2 cm³/mol. The summed E-state index contributed by atoms with van der Waals surface area (Å²) in [6.07, 6.45) is 0. The molecule has 2 aromatic rings. The van der Waals surface area contributed by atoms with Gasteiger partial charge in [-0.05, 0) is 0 Å². The van der Waals surface area contributed by atoms with Crippen molar-refractivity contribution in [3.05, 3.63) is 60.7 Å². The second kappa shape index (κ2) is 4.26. The molecule has 0 saturated carbocycles. The first-order valence-corrected chi connectivity index (χ1v) is 5.71. The first kappa shape index (κ1) is 8.02. The Kier molecular flexibility index (Phi) is 2.44. The maximum Gasteiger partial charge on any atom is 0.131 e. The van der Waals surface area contributed by atoms with Crippen molar-refractivity contribution in [3.63, 3.8) is 0 Å². The summed E-state index contributed by atoms with van der Waals surface area (Å²) in [4.78, 5) is 0. The van der Waals surface area contributed by atoms with Gasteiger partial charge in [-0.3, -0.25) is 0 Å². The highest BCUT2D eigenvalue weighted by atomic mass is 31.1. The first-order chi connectivity index (χ1) is 7.21. The smallest absolute Gasteiger partial charge is 0.131 e. The molecule has 0 amide bonds. The molecule has 0 saturated heterocycles. The molecule has 70 valence electrons. The van der Waals surface area contributed by atoms with E-state index >= 15 is 0 Å². The summed E-state index contributed by atoms with van der Waals surface area (Å²) in [6, 6.07) is 17.9. The molecule has 0 heterocycles. The van der Waals surface area contributed by atoms with Crippen molar-refractivity contribution in [2.75, 3.05) is 0 Å². The van der Waals surface area contributed by atoms with E-state index in [1.165, 1.54) is 0 Å². The predicted octanol–water partition coefficient (Wildman–Crippen LogP) is 2.20. The second-order valence-electron chi connectivity index (χ2n) is 2.97. The minimum atomic E-state index is -3.15. The monoisotopic (exact) mass is 203 g/mol. The van der Waals surface area contributed by atoms with Gasteiger partial charge in [-0.2, -0.15) is 0 Å². The largest absolute Gasteiger partial charge is 0.317 e. The highest BCUT2D eigenvalue weighted by molar-refractivity contribution is 7.61. The Morgan fingerprint density at radius 1 is 0.786 bits per heavy atom. The highest BCUT2D eigenvalue weighted by Gasteiger charge is 2.03. The SMILES string of the molecule is [2H]P(=O)(c1ccccc1)c1ccccc1. The Balaban J connectivity index is 2.50. The van der Waals surface area contributed by atoms with Crippen molar-refractivity contribution >= 4 is 18.4 Å². The summed E-state index contributed by atoms with van der Waals surface area (Å²) in [5.41, 5.74) is 0. The molecule has 0 N–H and O–H groups in total. The van der Waals surface area contributed by atoms with Crippen LogP contribution in [0, 0.1) is 0 Å². The molecule has 0 bridgehead atoms. The molecule has 0 aliphatic heterocycles. The molecule has 14 heavy (non-hydrogen) atoms. The Labute approximate surface area is 85.5 Å². The quantitative estimate of drug-likeness (QED) is 0.684. The summed E-state index contributed by atoms with van der Waals surface area (Å²) in [6.45, 7) is 0. The molecule has 1 nitrogen and oxygen atoms in total. The second-order valence-corrected chi connectivity index (χ2v) is 4.59. The zero-order chi connectivity index (χ0) is 10.7. The minimum Gasteiger partial charge on any atom is -0.317 e. The number of rotatable bonds is 2. The summed E-state index contributed by atoms with van der Waals surface area (Å²) >= 11 is 0. The van der Waals surface area contributed by atoms with Gasteiger partial charge >= 0.3 is 0 Å². The molecule has 0 unspecified atom stereocenters. The van der Waals surface area contributed by atoms with Crippen molar-refractivity contribution < 1.29 is 4.57 Å². The van der Waals surface area contributed by atoms with Crippen LogP contribution in [0.4, 0.5) is 0 Å². The summed E-state index contributed by atoms with van der Waals surface area (Å²) < 4.78 is 20.2. The lowest BCUT2D eigenvalue weighted by atomic mass is 10.4. The molecule has 0 aromatic heterocycles. The summed E-state index contributed by atoms with van der Waals surface area (Å²) in [5, 5.41) is 1.16. The van der Waals surface area contributed by atoms with E-state index < -0.39 is 7.75 Å². The minimum absolute atomic E-state index is 0.580. The fraction of sp³-hybridized carbons (Fsp3) is 0. The van der Waals surface area contributed by atoms with Crippen LogP contribution in [0.1, 0.15) is 0 Å². The van der Waals surface area contributed by atoms with E-state index in [1.807, 2.05) is 12.1 Å². The molecule has 0 aliphatic rings. The van der Waals surface area contributed by atoms with Crippen LogP contribution in [0.2, 0.25) is 0 Å². The highest BCUT2D eigenvalue weighted by Crippen LogP contribution is 2.18. The molecule has 2 aromatic carbocycles. The van der Waals surface area contributed by atoms with Crippen LogP contribution in [0.5, 0.6) is 0 Å². The molecular formula is C12H11OP.